The van der Waals surface area contributed by atoms with E-state index >= 15 is 0 Å². The number of carbonyl (C=O) groups excluding carboxylic acids is 1. The van der Waals surface area contributed by atoms with Crippen molar-refractivity contribution in [1.82, 2.24) is 19.4 Å². The van der Waals surface area contributed by atoms with E-state index < -0.39 is 0 Å². The number of aromatic nitrogens is 3. The molecular weight excluding hydrogens is 322 g/mol. The van der Waals surface area contributed by atoms with E-state index in [4.69, 9.17) is 0 Å². The van der Waals surface area contributed by atoms with E-state index in [2.05, 4.69) is 31.3 Å². The summed E-state index contributed by atoms with van der Waals surface area (Å²) in [4.78, 5) is 25.9. The summed E-state index contributed by atoms with van der Waals surface area (Å²) in [7, 11) is 0. The number of likely N-dealkylation sites (tertiary alicyclic amines) is 1. The van der Waals surface area contributed by atoms with Crippen molar-refractivity contribution in [3.8, 4) is 0 Å². The second kappa shape index (κ2) is 6.55. The Bertz CT molecular complexity index is 690. The van der Waals surface area contributed by atoms with E-state index in [0.29, 0.717) is 6.04 Å². The molecule has 1 atom stereocenters. The number of aryl methyl sites for hydroxylation is 1. The quantitative estimate of drug-likeness (QED) is 0.858. The molecule has 24 heavy (non-hydrogen) atoms. The molecule has 128 valence electrons. The number of anilines is 1. The summed E-state index contributed by atoms with van der Waals surface area (Å²) in [6, 6.07) is 0.442. The molecule has 0 radical (unpaired) electrons. The number of hydrogen-bond acceptors (Lipinski definition) is 5. The van der Waals surface area contributed by atoms with Crippen molar-refractivity contribution in [2.75, 3.05) is 24.5 Å². The van der Waals surface area contributed by atoms with Gasteiger partial charge in [-0.25, -0.2) is 9.97 Å². The minimum absolute atomic E-state index is 0.0253. The minimum atomic E-state index is -0.0253. The largest absolute Gasteiger partial charge is 0.341 e. The Morgan fingerprint density at radius 1 is 1.25 bits per heavy atom. The van der Waals surface area contributed by atoms with Crippen LogP contribution in [0, 0.1) is 6.92 Å². The molecule has 2 saturated heterocycles. The Morgan fingerprint density at radius 2 is 2.08 bits per heavy atom. The van der Waals surface area contributed by atoms with E-state index in [9.17, 15) is 4.79 Å². The lowest BCUT2D eigenvalue weighted by Gasteiger charge is -2.36. The van der Waals surface area contributed by atoms with Crippen molar-refractivity contribution in [2.45, 2.75) is 44.7 Å². The van der Waals surface area contributed by atoms with Gasteiger partial charge in [0.1, 0.15) is 6.04 Å². The zero-order chi connectivity index (χ0) is 16.5. The molecule has 2 aromatic rings. The van der Waals surface area contributed by atoms with Gasteiger partial charge in [-0.3, -0.25) is 4.79 Å². The van der Waals surface area contributed by atoms with Gasteiger partial charge in [0.15, 0.2) is 5.13 Å². The average Bonchev–Trinajstić information content (AvgIpc) is 3.35. The number of nitrogens with zero attached hydrogens (tertiary/aromatic N) is 5. The molecule has 2 aromatic heterocycles. The molecule has 2 fully saturated rings. The number of piperidine rings is 1. The third-order valence-corrected chi connectivity index (χ3v) is 6.04. The lowest BCUT2D eigenvalue weighted by molar-refractivity contribution is -0.133. The van der Waals surface area contributed by atoms with Crippen LogP contribution in [0.15, 0.2) is 24.1 Å². The summed E-state index contributed by atoms with van der Waals surface area (Å²) in [5.74, 6) is 0.281. The van der Waals surface area contributed by atoms with Crippen molar-refractivity contribution < 1.29 is 4.79 Å². The Morgan fingerprint density at radius 3 is 2.75 bits per heavy atom. The number of thiazole rings is 1. The highest BCUT2D eigenvalue weighted by atomic mass is 32.1. The Balaban J connectivity index is 1.40. The fraction of sp³-hybridized carbons (Fsp3) is 0.588. The Hall–Kier alpha value is -1.89. The van der Waals surface area contributed by atoms with E-state index in [1.807, 2.05) is 24.1 Å². The van der Waals surface area contributed by atoms with Gasteiger partial charge in [0, 0.05) is 49.1 Å². The normalized spacial score (nSPS) is 22.3. The molecule has 0 aliphatic carbocycles. The van der Waals surface area contributed by atoms with Crippen LogP contribution in [0.2, 0.25) is 0 Å². The summed E-state index contributed by atoms with van der Waals surface area (Å²) in [6.45, 7) is 4.70. The number of rotatable bonds is 3. The second-order valence-corrected chi connectivity index (χ2v) is 7.54. The van der Waals surface area contributed by atoms with Gasteiger partial charge >= 0.3 is 0 Å². The molecule has 6 nitrogen and oxygen atoms in total. The van der Waals surface area contributed by atoms with Crippen LogP contribution in [0.25, 0.3) is 0 Å². The first kappa shape index (κ1) is 15.6. The summed E-state index contributed by atoms with van der Waals surface area (Å²) >= 11 is 1.62. The van der Waals surface area contributed by atoms with Crippen molar-refractivity contribution in [3.05, 3.63) is 29.8 Å². The Kier molecular flexibility index (Phi) is 4.26. The lowest BCUT2D eigenvalue weighted by Crippen LogP contribution is -2.48. The van der Waals surface area contributed by atoms with Gasteiger partial charge in [-0.05, 0) is 32.6 Å². The second-order valence-electron chi connectivity index (χ2n) is 6.66. The fourth-order valence-corrected chi connectivity index (χ4v) is 4.66. The van der Waals surface area contributed by atoms with Gasteiger partial charge in [0.2, 0.25) is 5.91 Å². The van der Waals surface area contributed by atoms with Gasteiger partial charge in [0.05, 0.1) is 6.33 Å². The molecule has 4 rings (SSSR count). The Labute approximate surface area is 146 Å². The maximum Gasteiger partial charge on any atom is 0.245 e. The molecule has 4 heterocycles. The number of carbonyl (C=O) groups is 1. The maximum absolute atomic E-state index is 13.0. The van der Waals surface area contributed by atoms with E-state index in [0.717, 1.165) is 50.4 Å². The van der Waals surface area contributed by atoms with Crippen molar-refractivity contribution >= 4 is 22.4 Å². The van der Waals surface area contributed by atoms with Crippen LogP contribution < -0.4 is 4.90 Å². The summed E-state index contributed by atoms with van der Waals surface area (Å²) in [5, 5.41) is 2.96. The first-order chi connectivity index (χ1) is 11.7. The molecule has 0 unspecified atom stereocenters. The van der Waals surface area contributed by atoms with E-state index in [1.54, 1.807) is 11.3 Å². The molecule has 7 heteroatoms. The monoisotopic (exact) mass is 345 g/mol. The zero-order valence-electron chi connectivity index (χ0n) is 14.0. The molecule has 0 bridgehead atoms. The summed E-state index contributed by atoms with van der Waals surface area (Å²) in [6.07, 6.45) is 9.67. The van der Waals surface area contributed by atoms with Crippen LogP contribution in [-0.2, 0) is 4.79 Å². The molecule has 2 aliphatic rings. The predicted molar refractivity (Wildman–Crippen MR) is 94.3 cm³/mol. The number of hydrogen-bond donors (Lipinski definition) is 0. The van der Waals surface area contributed by atoms with Crippen LogP contribution >= 0.6 is 11.3 Å². The van der Waals surface area contributed by atoms with Gasteiger partial charge in [-0.15, -0.1) is 11.3 Å². The molecule has 0 aromatic carbocycles. The number of imidazole rings is 1. The molecule has 1 amide bonds. The van der Waals surface area contributed by atoms with Crippen LogP contribution in [-0.4, -0.2) is 51.0 Å². The van der Waals surface area contributed by atoms with Crippen LogP contribution in [0.4, 0.5) is 5.13 Å². The smallest absolute Gasteiger partial charge is 0.245 e. The van der Waals surface area contributed by atoms with Gasteiger partial charge in [-0.2, -0.15) is 0 Å². The van der Waals surface area contributed by atoms with Gasteiger partial charge in [-0.1, -0.05) is 0 Å². The third-order valence-electron chi connectivity index (χ3n) is 5.23. The van der Waals surface area contributed by atoms with Crippen LogP contribution in [0.3, 0.4) is 0 Å². The first-order valence-electron chi connectivity index (χ1n) is 8.67. The highest BCUT2D eigenvalue weighted by Gasteiger charge is 2.36. The van der Waals surface area contributed by atoms with Gasteiger partial charge in [0.25, 0.3) is 0 Å². The van der Waals surface area contributed by atoms with E-state index in [1.165, 1.54) is 5.69 Å². The van der Waals surface area contributed by atoms with Crippen LogP contribution in [0.5, 0.6) is 0 Å². The average molecular weight is 345 g/mol. The minimum Gasteiger partial charge on any atom is -0.341 e. The van der Waals surface area contributed by atoms with Crippen LogP contribution in [0.1, 0.15) is 37.4 Å². The van der Waals surface area contributed by atoms with E-state index in [-0.39, 0.29) is 11.9 Å². The lowest BCUT2D eigenvalue weighted by atomic mass is 10.0. The molecular formula is C17H23N5OS. The van der Waals surface area contributed by atoms with Crippen molar-refractivity contribution in [2.24, 2.45) is 0 Å². The third kappa shape index (κ3) is 2.81. The van der Waals surface area contributed by atoms with Crippen molar-refractivity contribution in [1.29, 1.82) is 0 Å². The van der Waals surface area contributed by atoms with Crippen molar-refractivity contribution in [3.63, 3.8) is 0 Å². The predicted octanol–water partition coefficient (Wildman–Crippen LogP) is 2.48. The molecule has 0 spiro atoms. The highest BCUT2D eigenvalue weighted by molar-refractivity contribution is 7.13. The molecule has 0 N–H and O–H groups in total. The topological polar surface area (TPSA) is 54.3 Å². The fourth-order valence-electron chi connectivity index (χ4n) is 3.94. The number of amides is 1. The molecule has 0 saturated carbocycles. The SMILES string of the molecule is Cc1cncn1C1CCN(C(=O)[C@@H]2CCCN2c2nccs2)CC1. The standard InChI is InChI=1S/C17H23N5OS/c1-13-11-18-12-22(13)14-4-8-20(9-5-14)16(23)15-3-2-7-21(15)17-19-6-10-24-17/h6,10-12,14-15H,2-5,7-9H2,1H3/t15-/m0/s1. The van der Waals surface area contributed by atoms with Gasteiger partial charge < -0.3 is 14.4 Å². The highest BCUT2D eigenvalue weighted by Crippen LogP contribution is 2.30. The summed E-state index contributed by atoms with van der Waals surface area (Å²) < 4.78 is 2.25. The molecule has 2 aliphatic heterocycles. The summed E-state index contributed by atoms with van der Waals surface area (Å²) in [5.41, 5.74) is 1.20. The maximum atomic E-state index is 13.0. The zero-order valence-corrected chi connectivity index (χ0v) is 14.8. The first-order valence-corrected chi connectivity index (χ1v) is 9.55.